The summed E-state index contributed by atoms with van der Waals surface area (Å²) < 4.78 is 5.72. The van der Waals surface area contributed by atoms with E-state index in [0.29, 0.717) is 30.1 Å². The second-order valence-corrected chi connectivity index (χ2v) is 11.7. The number of nitrogens with zero attached hydrogens (tertiary/aromatic N) is 2. The SMILES string of the molecule is CC(C)C(NC(=O)O)C(=O)Nc1ccc2c(c1)CCC21OC(=O)N(CC(=O)N(Cc2ccccc2)[C@@H](C)C2CC2)C1=O. The molecule has 11 nitrogen and oxygen atoms in total. The second-order valence-electron chi connectivity index (χ2n) is 11.7. The van der Waals surface area contributed by atoms with Crippen LogP contribution in [0.1, 0.15) is 56.7 Å². The molecule has 2 unspecified atom stereocenters. The first-order valence-electron chi connectivity index (χ1n) is 14.3. The van der Waals surface area contributed by atoms with Crippen molar-refractivity contribution >= 4 is 35.6 Å². The van der Waals surface area contributed by atoms with E-state index in [9.17, 15) is 24.0 Å². The van der Waals surface area contributed by atoms with Crippen molar-refractivity contribution in [2.75, 3.05) is 11.9 Å². The summed E-state index contributed by atoms with van der Waals surface area (Å²) in [6, 6.07) is 13.6. The molecule has 3 atom stereocenters. The molecule has 2 aliphatic carbocycles. The van der Waals surface area contributed by atoms with Gasteiger partial charge in [-0.3, -0.25) is 14.4 Å². The van der Waals surface area contributed by atoms with Crippen LogP contribution in [0.5, 0.6) is 0 Å². The van der Waals surface area contributed by atoms with E-state index < -0.39 is 42.2 Å². The number of fused-ring (bicyclic) bond motifs is 2. The normalized spacial score (nSPS) is 20.7. The molecule has 5 rings (SSSR count). The van der Waals surface area contributed by atoms with Gasteiger partial charge in [0.2, 0.25) is 17.4 Å². The molecule has 1 saturated heterocycles. The molecule has 2 fully saturated rings. The minimum absolute atomic E-state index is 0.0257. The van der Waals surface area contributed by atoms with Gasteiger partial charge in [-0.05, 0) is 61.3 Å². The number of carbonyl (C=O) groups excluding carboxylic acids is 4. The average Bonchev–Trinajstić information content (AvgIpc) is 3.70. The molecule has 1 aliphatic heterocycles. The van der Waals surface area contributed by atoms with Crippen molar-refractivity contribution in [1.82, 2.24) is 15.1 Å². The highest BCUT2D eigenvalue weighted by molar-refractivity contribution is 6.06. The Morgan fingerprint density at radius 1 is 1.10 bits per heavy atom. The van der Waals surface area contributed by atoms with Crippen molar-refractivity contribution in [2.24, 2.45) is 11.8 Å². The lowest BCUT2D eigenvalue weighted by Gasteiger charge is -2.30. The molecule has 0 aromatic heterocycles. The van der Waals surface area contributed by atoms with Gasteiger partial charge in [-0.2, -0.15) is 0 Å². The van der Waals surface area contributed by atoms with Crippen molar-refractivity contribution in [2.45, 2.75) is 70.7 Å². The molecule has 11 heteroatoms. The Labute approximate surface area is 244 Å². The van der Waals surface area contributed by atoms with E-state index in [4.69, 9.17) is 9.84 Å². The maximum atomic E-state index is 13.7. The fourth-order valence-corrected chi connectivity index (χ4v) is 5.92. The number of ether oxygens (including phenoxy) is 1. The van der Waals surface area contributed by atoms with E-state index in [-0.39, 0.29) is 24.3 Å². The summed E-state index contributed by atoms with van der Waals surface area (Å²) in [5.41, 5.74) is 1.12. The summed E-state index contributed by atoms with van der Waals surface area (Å²) in [6.07, 6.45) is 0.573. The van der Waals surface area contributed by atoms with Crippen LogP contribution < -0.4 is 10.6 Å². The highest BCUT2D eigenvalue weighted by atomic mass is 16.6. The van der Waals surface area contributed by atoms with Crippen LogP contribution in [-0.4, -0.2) is 63.4 Å². The number of hydrogen-bond donors (Lipinski definition) is 3. The molecule has 0 bridgehead atoms. The van der Waals surface area contributed by atoms with E-state index >= 15 is 0 Å². The van der Waals surface area contributed by atoms with Crippen molar-refractivity contribution in [3.8, 4) is 0 Å². The fraction of sp³-hybridized carbons (Fsp3) is 0.452. The van der Waals surface area contributed by atoms with Gasteiger partial charge in [-0.25, -0.2) is 14.5 Å². The largest absolute Gasteiger partial charge is 0.465 e. The van der Waals surface area contributed by atoms with Crippen LogP contribution in [0, 0.1) is 11.8 Å². The van der Waals surface area contributed by atoms with E-state index in [1.54, 1.807) is 36.9 Å². The van der Waals surface area contributed by atoms with Gasteiger partial charge in [0.05, 0.1) is 0 Å². The summed E-state index contributed by atoms with van der Waals surface area (Å²) in [4.78, 5) is 66.9. The number of amides is 5. The third-order valence-electron chi connectivity index (χ3n) is 8.46. The van der Waals surface area contributed by atoms with E-state index in [1.165, 1.54) is 0 Å². The van der Waals surface area contributed by atoms with E-state index in [2.05, 4.69) is 10.6 Å². The van der Waals surface area contributed by atoms with Gasteiger partial charge in [0.1, 0.15) is 12.6 Å². The molecule has 1 saturated carbocycles. The zero-order valence-corrected chi connectivity index (χ0v) is 24.0. The third kappa shape index (κ3) is 5.68. The molecule has 2 aromatic carbocycles. The average molecular weight is 577 g/mol. The quantitative estimate of drug-likeness (QED) is 0.389. The second kappa shape index (κ2) is 11.5. The van der Waals surface area contributed by atoms with E-state index in [0.717, 1.165) is 28.9 Å². The maximum absolute atomic E-state index is 13.7. The van der Waals surface area contributed by atoms with Crippen LogP contribution in [0.2, 0.25) is 0 Å². The molecule has 0 radical (unpaired) electrons. The monoisotopic (exact) mass is 576 g/mol. The number of benzene rings is 2. The van der Waals surface area contributed by atoms with Crippen LogP contribution in [0.25, 0.3) is 0 Å². The third-order valence-corrected chi connectivity index (χ3v) is 8.46. The van der Waals surface area contributed by atoms with Crippen LogP contribution >= 0.6 is 0 Å². The fourth-order valence-electron chi connectivity index (χ4n) is 5.92. The van der Waals surface area contributed by atoms with Gasteiger partial charge in [-0.15, -0.1) is 0 Å². The first-order valence-corrected chi connectivity index (χ1v) is 14.3. The minimum Gasteiger partial charge on any atom is -0.465 e. The predicted molar refractivity (Wildman–Crippen MR) is 152 cm³/mol. The van der Waals surface area contributed by atoms with Crippen LogP contribution in [0.15, 0.2) is 48.5 Å². The summed E-state index contributed by atoms with van der Waals surface area (Å²) in [7, 11) is 0. The molecular formula is C31H36N4O7. The molecule has 1 heterocycles. The molecule has 42 heavy (non-hydrogen) atoms. The Morgan fingerprint density at radius 3 is 2.45 bits per heavy atom. The zero-order valence-electron chi connectivity index (χ0n) is 24.0. The Balaban J connectivity index is 1.31. The Kier molecular flexibility index (Phi) is 7.94. The molecule has 5 amide bonds. The van der Waals surface area contributed by atoms with Crippen LogP contribution in [0.3, 0.4) is 0 Å². The van der Waals surface area contributed by atoms with Gasteiger partial charge in [-0.1, -0.05) is 50.2 Å². The number of anilines is 1. The molecule has 3 aliphatic rings. The number of nitrogens with one attached hydrogen (secondary N) is 2. The molecular weight excluding hydrogens is 540 g/mol. The number of aryl methyl sites for hydroxylation is 1. The lowest BCUT2D eigenvalue weighted by atomic mass is 9.94. The lowest BCUT2D eigenvalue weighted by Crippen LogP contribution is -2.47. The van der Waals surface area contributed by atoms with Crippen LogP contribution in [-0.2, 0) is 37.7 Å². The topological polar surface area (TPSA) is 145 Å². The van der Waals surface area contributed by atoms with Gasteiger partial charge in [0, 0.05) is 30.3 Å². The van der Waals surface area contributed by atoms with Crippen molar-refractivity contribution in [3.63, 3.8) is 0 Å². The smallest absolute Gasteiger partial charge is 0.418 e. The van der Waals surface area contributed by atoms with Gasteiger partial charge in [0.15, 0.2) is 0 Å². The van der Waals surface area contributed by atoms with Gasteiger partial charge < -0.3 is 25.4 Å². The first kappa shape index (κ1) is 29.1. The first-order chi connectivity index (χ1) is 20.0. The molecule has 222 valence electrons. The highest BCUT2D eigenvalue weighted by Crippen LogP contribution is 2.46. The number of carbonyl (C=O) groups is 5. The lowest BCUT2D eigenvalue weighted by molar-refractivity contribution is -0.143. The Hall–Kier alpha value is -4.41. The number of rotatable bonds is 10. The number of hydrogen-bond acceptors (Lipinski definition) is 6. The summed E-state index contributed by atoms with van der Waals surface area (Å²) >= 11 is 0. The number of carboxylic acid groups (broad SMARTS) is 1. The zero-order chi connectivity index (χ0) is 30.2. The molecule has 2 aromatic rings. The molecule has 1 spiro atoms. The standard InChI is InChI=1S/C31H36N4O7/c1-18(2)26(33-29(39)40)27(37)32-23-11-12-24-22(15-23)13-14-31(24)28(38)35(30(41)42-31)17-25(36)34(19(3)21-9-10-21)16-20-7-5-4-6-8-20/h4-8,11-12,15,18-19,21,26,33H,9-10,13-14,16-17H2,1-3H3,(H,32,37)(H,39,40)/t19-,26?,31?/m0/s1. The molecule has 3 N–H and O–H groups in total. The van der Waals surface area contributed by atoms with E-state index in [1.807, 2.05) is 37.3 Å². The maximum Gasteiger partial charge on any atom is 0.418 e. The highest BCUT2D eigenvalue weighted by Gasteiger charge is 2.58. The van der Waals surface area contributed by atoms with Crippen LogP contribution in [0.4, 0.5) is 15.3 Å². The Morgan fingerprint density at radius 2 is 1.81 bits per heavy atom. The van der Waals surface area contributed by atoms with Gasteiger partial charge >= 0.3 is 12.2 Å². The van der Waals surface area contributed by atoms with Gasteiger partial charge in [0.25, 0.3) is 5.91 Å². The minimum atomic E-state index is -1.52. The Bertz CT molecular complexity index is 1410. The number of imide groups is 1. The van der Waals surface area contributed by atoms with Crippen molar-refractivity contribution in [3.05, 3.63) is 65.2 Å². The van der Waals surface area contributed by atoms with Crippen molar-refractivity contribution in [1.29, 1.82) is 0 Å². The summed E-state index contributed by atoms with van der Waals surface area (Å²) in [6.45, 7) is 5.46. The summed E-state index contributed by atoms with van der Waals surface area (Å²) in [5, 5.41) is 14.0. The summed E-state index contributed by atoms with van der Waals surface area (Å²) in [5.74, 6) is -1.27. The van der Waals surface area contributed by atoms with Crippen molar-refractivity contribution < 1.29 is 33.8 Å². The predicted octanol–water partition coefficient (Wildman–Crippen LogP) is 3.86.